The summed E-state index contributed by atoms with van der Waals surface area (Å²) in [5.41, 5.74) is 1.90. The van der Waals surface area contributed by atoms with Crippen molar-refractivity contribution >= 4 is 23.1 Å². The number of carbonyl (C=O) groups excluding carboxylic acids is 2. The van der Waals surface area contributed by atoms with Crippen LogP contribution in [0.5, 0.6) is 0 Å². The summed E-state index contributed by atoms with van der Waals surface area (Å²) in [6.45, 7) is 0. The number of carbonyl (C=O) groups is 2. The minimum atomic E-state index is -1.53. The molecule has 0 fully saturated rings. The molecule has 0 spiro atoms. The molecule has 0 radical (unpaired) electrons. The van der Waals surface area contributed by atoms with Crippen molar-refractivity contribution in [2.45, 2.75) is 22.1 Å². The van der Waals surface area contributed by atoms with Crippen molar-refractivity contribution in [2.24, 2.45) is 0 Å². The van der Waals surface area contributed by atoms with E-state index in [9.17, 15) is 19.4 Å². The van der Waals surface area contributed by atoms with E-state index < -0.39 is 29.0 Å². The topological polar surface area (TPSA) is 99.5 Å². The Hall–Kier alpha value is -2.82. The number of hydrogen-bond donors (Lipinski definition) is 0. The van der Waals surface area contributed by atoms with Gasteiger partial charge in [0.25, 0.3) is 0 Å². The lowest BCUT2D eigenvalue weighted by Crippen LogP contribution is -2.21. The van der Waals surface area contributed by atoms with Crippen molar-refractivity contribution in [3.05, 3.63) is 58.7 Å². The smallest absolute Gasteiger partial charge is 0.338 e. The quantitative estimate of drug-likeness (QED) is 0.608. The van der Waals surface area contributed by atoms with Crippen molar-refractivity contribution in [2.75, 3.05) is 14.2 Å². The van der Waals surface area contributed by atoms with Crippen LogP contribution in [0.25, 0.3) is 0 Å². The normalized spacial score (nSPS) is 15.8. The van der Waals surface area contributed by atoms with Crippen molar-refractivity contribution in [3.8, 4) is 6.07 Å². The summed E-state index contributed by atoms with van der Waals surface area (Å²) in [5, 5.41) is 9.35. The number of benzene rings is 2. The van der Waals surface area contributed by atoms with Crippen LogP contribution < -0.4 is 0 Å². The summed E-state index contributed by atoms with van der Waals surface area (Å²) >= 11 is -1.53. The van der Waals surface area contributed by atoms with Crippen LogP contribution in [0.3, 0.4) is 0 Å². The predicted octanol–water partition coefficient (Wildman–Crippen LogP) is 2.32. The molecule has 3 rings (SSSR count). The number of hydrogen-bond acceptors (Lipinski definition) is 6. The second kappa shape index (κ2) is 7.20. The highest BCUT2D eigenvalue weighted by Crippen LogP contribution is 2.38. The molecule has 2 aromatic carbocycles. The molecule has 0 bridgehead atoms. The van der Waals surface area contributed by atoms with E-state index in [-0.39, 0.29) is 11.1 Å². The highest BCUT2D eigenvalue weighted by Gasteiger charge is 2.34. The van der Waals surface area contributed by atoms with Crippen LogP contribution in [0.1, 0.15) is 33.0 Å². The van der Waals surface area contributed by atoms with Gasteiger partial charge in [-0.3, -0.25) is 4.79 Å². The maximum absolute atomic E-state index is 13.0. The van der Waals surface area contributed by atoms with Crippen LogP contribution >= 0.6 is 0 Å². The van der Waals surface area contributed by atoms with Gasteiger partial charge in [0.15, 0.2) is 15.7 Å². The van der Waals surface area contributed by atoms with E-state index in [4.69, 9.17) is 4.74 Å². The number of methoxy groups -OCH3 is 2. The Labute approximate surface area is 153 Å². The Balaban J connectivity index is 2.22. The summed E-state index contributed by atoms with van der Waals surface area (Å²) < 4.78 is 22.5. The van der Waals surface area contributed by atoms with Gasteiger partial charge >= 0.3 is 11.9 Å². The monoisotopic (exact) mass is 369 g/mol. The Morgan fingerprint density at radius 3 is 2.58 bits per heavy atom. The van der Waals surface area contributed by atoms with Gasteiger partial charge < -0.3 is 14.0 Å². The summed E-state index contributed by atoms with van der Waals surface area (Å²) in [6.07, 6.45) is 0.414. The molecule has 132 valence electrons. The number of nitrogens with zero attached hydrogens (tertiary/aromatic N) is 1. The molecule has 0 amide bonds. The fourth-order valence-electron chi connectivity index (χ4n) is 2.99. The molecule has 0 N–H and O–H groups in total. The molecule has 7 heteroatoms. The number of rotatable bonds is 3. The second-order valence-electron chi connectivity index (χ2n) is 5.68. The highest BCUT2D eigenvalue weighted by atomic mass is 32.2. The lowest BCUT2D eigenvalue weighted by molar-refractivity contribution is -0.141. The first-order valence-corrected chi connectivity index (χ1v) is 8.89. The molecule has 1 heterocycles. The van der Waals surface area contributed by atoms with Gasteiger partial charge in [-0.1, -0.05) is 18.2 Å². The third-order valence-electron chi connectivity index (χ3n) is 4.28. The van der Waals surface area contributed by atoms with Gasteiger partial charge in [0.2, 0.25) is 0 Å². The molecule has 26 heavy (non-hydrogen) atoms. The van der Waals surface area contributed by atoms with Gasteiger partial charge in [0.1, 0.15) is 0 Å². The Morgan fingerprint density at radius 1 is 1.19 bits per heavy atom. The molecular weight excluding hydrogens is 354 g/mol. The molecule has 0 saturated heterocycles. The van der Waals surface area contributed by atoms with Crippen LogP contribution in [0.4, 0.5) is 0 Å². The van der Waals surface area contributed by atoms with Crippen molar-refractivity contribution in [1.29, 1.82) is 5.26 Å². The zero-order valence-corrected chi connectivity index (χ0v) is 15.0. The van der Waals surface area contributed by atoms with Gasteiger partial charge in [-0.25, -0.2) is 4.79 Å². The van der Waals surface area contributed by atoms with E-state index in [1.807, 2.05) is 18.2 Å². The molecule has 0 aromatic heterocycles. The third kappa shape index (κ3) is 2.94. The summed E-state index contributed by atoms with van der Waals surface area (Å²) in [7, 11) is 2.43. The van der Waals surface area contributed by atoms with Crippen LogP contribution in [-0.4, -0.2) is 30.7 Å². The Morgan fingerprint density at radius 2 is 1.92 bits per heavy atom. The van der Waals surface area contributed by atoms with E-state index >= 15 is 0 Å². The lowest BCUT2D eigenvalue weighted by atomic mass is 9.92. The van der Waals surface area contributed by atoms with Crippen LogP contribution in [-0.2, 0) is 31.9 Å². The zero-order chi connectivity index (χ0) is 18.8. The molecule has 2 unspecified atom stereocenters. The fourth-order valence-corrected chi connectivity index (χ4v) is 4.46. The molecule has 2 atom stereocenters. The first-order chi connectivity index (χ1) is 12.5. The molecule has 1 aliphatic rings. The molecule has 1 aliphatic heterocycles. The van der Waals surface area contributed by atoms with E-state index in [0.717, 1.165) is 5.56 Å². The second-order valence-corrected chi connectivity index (χ2v) is 7.09. The van der Waals surface area contributed by atoms with E-state index in [0.29, 0.717) is 21.8 Å². The van der Waals surface area contributed by atoms with Gasteiger partial charge in [-0.15, -0.1) is 0 Å². The summed E-state index contributed by atoms with van der Waals surface area (Å²) in [5.74, 6) is -2.57. The summed E-state index contributed by atoms with van der Waals surface area (Å²) in [4.78, 5) is 25.3. The third-order valence-corrected chi connectivity index (χ3v) is 5.84. The highest BCUT2D eigenvalue weighted by molar-refractivity contribution is 7.91. The maximum atomic E-state index is 13.0. The molecular formula is C19H15NO5S. The molecule has 0 aliphatic carbocycles. The van der Waals surface area contributed by atoms with Crippen molar-refractivity contribution in [1.82, 2.24) is 0 Å². The average Bonchev–Trinajstić information content (AvgIpc) is 2.67. The first kappa shape index (κ1) is 18.0. The number of ether oxygens (including phenoxy) is 2. The standard InChI is InChI=1S/C19H15NO5S/c1-24-18(21)14-8-12(15(10-20)19(22)25-2)9-17-13(14)7-11-5-3-4-6-16(11)26(17)23/h3-6,8-9,15H,7H2,1-2H3. The lowest BCUT2D eigenvalue weighted by Gasteiger charge is -2.24. The van der Waals surface area contributed by atoms with E-state index in [2.05, 4.69) is 4.74 Å². The van der Waals surface area contributed by atoms with Crippen LogP contribution in [0.15, 0.2) is 46.2 Å². The van der Waals surface area contributed by atoms with E-state index in [1.165, 1.54) is 20.3 Å². The SMILES string of the molecule is COC(=O)c1cc(C(C#N)C(=O)OC)cc2c1Cc1ccccc1[S+]2[O-]. The minimum absolute atomic E-state index is 0.201. The first-order valence-electron chi connectivity index (χ1n) is 7.74. The van der Waals surface area contributed by atoms with Gasteiger partial charge in [-0.2, -0.15) is 5.26 Å². The average molecular weight is 369 g/mol. The van der Waals surface area contributed by atoms with E-state index in [1.54, 1.807) is 18.2 Å². The van der Waals surface area contributed by atoms with Gasteiger partial charge in [-0.05, 0) is 23.8 Å². The van der Waals surface area contributed by atoms with Crippen LogP contribution in [0, 0.1) is 11.3 Å². The number of fused-ring (bicyclic) bond motifs is 2. The molecule has 2 aromatic rings. The van der Waals surface area contributed by atoms with Crippen molar-refractivity contribution in [3.63, 3.8) is 0 Å². The van der Waals surface area contributed by atoms with Gasteiger partial charge in [0.05, 0.1) is 25.9 Å². The Bertz CT molecular complexity index is 934. The minimum Gasteiger partial charge on any atom is -0.606 e. The molecule has 6 nitrogen and oxygen atoms in total. The van der Waals surface area contributed by atoms with Crippen molar-refractivity contribution < 1.29 is 23.6 Å². The number of nitriles is 1. The van der Waals surface area contributed by atoms with Gasteiger partial charge in [0, 0.05) is 28.7 Å². The maximum Gasteiger partial charge on any atom is 0.338 e. The predicted molar refractivity (Wildman–Crippen MR) is 92.1 cm³/mol. The zero-order valence-electron chi connectivity index (χ0n) is 14.1. The fraction of sp³-hybridized carbons (Fsp3) is 0.211. The van der Waals surface area contributed by atoms with Crippen LogP contribution in [0.2, 0.25) is 0 Å². The number of esters is 2. The Kier molecular flexibility index (Phi) is 4.98. The summed E-state index contributed by atoms with van der Waals surface area (Å²) in [6, 6.07) is 12.1. The largest absolute Gasteiger partial charge is 0.606 e. The molecule has 0 saturated carbocycles.